The Morgan fingerprint density at radius 1 is 0.967 bits per heavy atom. The number of carbonyl (C=O) groups is 1. The molecule has 0 saturated heterocycles. The zero-order valence-electron chi connectivity index (χ0n) is 16.4. The molecule has 2 aromatic heterocycles. The average molecular weight is 396 g/mol. The summed E-state index contributed by atoms with van der Waals surface area (Å²) in [7, 11) is 0. The molecule has 2 aromatic carbocycles. The molecule has 0 radical (unpaired) electrons. The number of amides is 1. The Morgan fingerprint density at radius 2 is 1.83 bits per heavy atom. The van der Waals surface area contributed by atoms with Gasteiger partial charge in [0.2, 0.25) is 0 Å². The molecule has 1 amide bonds. The summed E-state index contributed by atoms with van der Waals surface area (Å²) in [5.74, 6) is -0.322. The first-order chi connectivity index (χ1) is 14.7. The number of nitrogens with one attached hydrogen (secondary N) is 1. The van der Waals surface area contributed by atoms with Gasteiger partial charge in [-0.25, -0.2) is 4.98 Å². The van der Waals surface area contributed by atoms with Crippen LogP contribution in [0, 0.1) is 6.92 Å². The van der Waals surface area contributed by atoms with Gasteiger partial charge in [0.1, 0.15) is 12.3 Å². The van der Waals surface area contributed by atoms with Crippen molar-refractivity contribution in [1.29, 1.82) is 0 Å². The fourth-order valence-electron chi connectivity index (χ4n) is 3.06. The molecule has 4 rings (SSSR count). The van der Waals surface area contributed by atoms with Crippen molar-refractivity contribution in [3.63, 3.8) is 0 Å². The zero-order chi connectivity index (χ0) is 20.8. The molecule has 2 heterocycles. The smallest absolute Gasteiger partial charge is 0.317 e. The summed E-state index contributed by atoms with van der Waals surface area (Å²) in [6.45, 7) is 2.26. The molecule has 0 aliphatic heterocycles. The van der Waals surface area contributed by atoms with Crippen molar-refractivity contribution >= 4 is 11.6 Å². The molecule has 4 aromatic rings. The Bertz CT molecular complexity index is 1150. The van der Waals surface area contributed by atoms with Crippen LogP contribution in [0.5, 0.6) is 6.01 Å². The van der Waals surface area contributed by atoms with Crippen molar-refractivity contribution in [2.75, 3.05) is 5.32 Å². The number of rotatable bonds is 6. The molecule has 30 heavy (non-hydrogen) atoms. The summed E-state index contributed by atoms with van der Waals surface area (Å²) < 4.78 is 5.59. The molecule has 1 N–H and O–H groups in total. The van der Waals surface area contributed by atoms with Gasteiger partial charge in [0, 0.05) is 29.8 Å². The predicted molar refractivity (Wildman–Crippen MR) is 115 cm³/mol. The van der Waals surface area contributed by atoms with Crippen molar-refractivity contribution < 1.29 is 9.53 Å². The van der Waals surface area contributed by atoms with Crippen molar-refractivity contribution in [3.8, 4) is 17.1 Å². The van der Waals surface area contributed by atoms with Gasteiger partial charge in [-0.2, -0.15) is 4.98 Å². The number of pyridine rings is 1. The molecular formula is C24H20N4O2. The molecule has 0 aliphatic carbocycles. The van der Waals surface area contributed by atoms with Crippen molar-refractivity contribution in [1.82, 2.24) is 15.0 Å². The Balaban J connectivity index is 1.49. The lowest BCUT2D eigenvalue weighted by molar-refractivity contribution is 0.102. The Kier molecular flexibility index (Phi) is 5.75. The van der Waals surface area contributed by atoms with Crippen LogP contribution in [0.4, 0.5) is 5.69 Å². The SMILES string of the molecule is Cc1c(NC(=O)c2ccnc(OCc3cccnc3)n2)cccc1-c1ccccc1. The fourth-order valence-corrected chi connectivity index (χ4v) is 3.06. The minimum Gasteiger partial charge on any atom is -0.459 e. The van der Waals surface area contributed by atoms with Crippen LogP contribution in [0.1, 0.15) is 21.6 Å². The van der Waals surface area contributed by atoms with E-state index in [1.54, 1.807) is 18.5 Å². The molecule has 0 aliphatic rings. The minimum absolute atomic E-state index is 0.140. The number of nitrogens with zero attached hydrogens (tertiary/aromatic N) is 3. The summed E-state index contributed by atoms with van der Waals surface area (Å²) in [6.07, 6.45) is 4.91. The maximum Gasteiger partial charge on any atom is 0.317 e. The van der Waals surface area contributed by atoms with Gasteiger partial charge in [-0.05, 0) is 41.8 Å². The lowest BCUT2D eigenvalue weighted by atomic mass is 9.99. The average Bonchev–Trinajstić information content (AvgIpc) is 2.80. The maximum atomic E-state index is 12.8. The van der Waals surface area contributed by atoms with E-state index in [1.807, 2.05) is 67.6 Å². The third kappa shape index (κ3) is 4.50. The van der Waals surface area contributed by atoms with Crippen LogP contribution in [-0.2, 0) is 6.61 Å². The van der Waals surface area contributed by atoms with Crippen molar-refractivity contribution in [2.24, 2.45) is 0 Å². The molecule has 0 atom stereocenters. The summed E-state index contributed by atoms with van der Waals surface area (Å²) in [5.41, 5.74) is 5.01. The van der Waals surface area contributed by atoms with E-state index in [-0.39, 0.29) is 24.2 Å². The number of aromatic nitrogens is 3. The standard InChI is InChI=1S/C24H20N4O2/c1-17-20(19-8-3-2-4-9-19)10-5-11-21(17)27-23(29)22-12-14-26-24(28-22)30-16-18-7-6-13-25-15-18/h2-15H,16H2,1H3,(H,27,29). The maximum absolute atomic E-state index is 12.8. The second-order valence-corrected chi connectivity index (χ2v) is 6.67. The van der Waals surface area contributed by atoms with E-state index >= 15 is 0 Å². The number of hydrogen-bond donors (Lipinski definition) is 1. The highest BCUT2D eigenvalue weighted by atomic mass is 16.5. The van der Waals surface area contributed by atoms with Crippen LogP contribution in [0.25, 0.3) is 11.1 Å². The third-order valence-corrected chi connectivity index (χ3v) is 4.62. The molecule has 0 unspecified atom stereocenters. The monoisotopic (exact) mass is 396 g/mol. The lowest BCUT2D eigenvalue weighted by Gasteiger charge is -2.13. The van der Waals surface area contributed by atoms with Gasteiger partial charge in [0.15, 0.2) is 0 Å². The lowest BCUT2D eigenvalue weighted by Crippen LogP contribution is -2.15. The minimum atomic E-state index is -0.322. The summed E-state index contributed by atoms with van der Waals surface area (Å²) >= 11 is 0. The Hall–Kier alpha value is -4.06. The topological polar surface area (TPSA) is 77.0 Å². The zero-order valence-corrected chi connectivity index (χ0v) is 16.4. The molecule has 0 saturated carbocycles. The number of benzene rings is 2. The first-order valence-corrected chi connectivity index (χ1v) is 9.52. The van der Waals surface area contributed by atoms with Gasteiger partial charge in [-0.3, -0.25) is 9.78 Å². The summed E-state index contributed by atoms with van der Waals surface area (Å²) in [6, 6.07) is 21.3. The highest BCUT2D eigenvalue weighted by molar-refractivity contribution is 6.03. The number of hydrogen-bond acceptors (Lipinski definition) is 5. The molecule has 6 heteroatoms. The molecule has 6 nitrogen and oxygen atoms in total. The molecule has 0 spiro atoms. The van der Waals surface area contributed by atoms with E-state index in [9.17, 15) is 4.79 Å². The summed E-state index contributed by atoms with van der Waals surface area (Å²) in [4.78, 5) is 25.1. The number of ether oxygens (including phenoxy) is 1. The molecule has 148 valence electrons. The van der Waals surface area contributed by atoms with E-state index in [1.165, 1.54) is 6.20 Å². The summed E-state index contributed by atoms with van der Waals surface area (Å²) in [5, 5.41) is 2.94. The van der Waals surface area contributed by atoms with E-state index in [4.69, 9.17) is 4.74 Å². The quantitative estimate of drug-likeness (QED) is 0.512. The predicted octanol–water partition coefficient (Wildman–Crippen LogP) is 4.68. The van der Waals surface area contributed by atoms with Crippen LogP contribution >= 0.6 is 0 Å². The fraction of sp³-hybridized carbons (Fsp3) is 0.0833. The van der Waals surface area contributed by atoms with Gasteiger partial charge in [-0.15, -0.1) is 0 Å². The largest absolute Gasteiger partial charge is 0.459 e. The van der Waals surface area contributed by atoms with E-state index < -0.39 is 0 Å². The Labute approximate surface area is 174 Å². The first kappa shape index (κ1) is 19.3. The second-order valence-electron chi connectivity index (χ2n) is 6.67. The molecular weight excluding hydrogens is 376 g/mol. The molecule has 0 bridgehead atoms. The van der Waals surface area contributed by atoms with Gasteiger partial charge in [0.05, 0.1) is 0 Å². The van der Waals surface area contributed by atoms with Gasteiger partial charge < -0.3 is 10.1 Å². The third-order valence-electron chi connectivity index (χ3n) is 4.62. The van der Waals surface area contributed by atoms with Gasteiger partial charge in [-0.1, -0.05) is 48.5 Å². The van der Waals surface area contributed by atoms with E-state index in [2.05, 4.69) is 20.3 Å². The normalized spacial score (nSPS) is 10.4. The number of anilines is 1. The van der Waals surface area contributed by atoms with Crippen molar-refractivity contribution in [2.45, 2.75) is 13.5 Å². The second kappa shape index (κ2) is 8.96. The first-order valence-electron chi connectivity index (χ1n) is 9.52. The van der Waals surface area contributed by atoms with Crippen LogP contribution in [0.2, 0.25) is 0 Å². The van der Waals surface area contributed by atoms with Crippen LogP contribution in [0.3, 0.4) is 0 Å². The van der Waals surface area contributed by atoms with E-state index in [0.717, 1.165) is 27.9 Å². The van der Waals surface area contributed by atoms with E-state index in [0.29, 0.717) is 0 Å². The Morgan fingerprint density at radius 3 is 2.63 bits per heavy atom. The highest BCUT2D eigenvalue weighted by Gasteiger charge is 2.13. The van der Waals surface area contributed by atoms with Crippen LogP contribution < -0.4 is 10.1 Å². The number of carbonyl (C=O) groups excluding carboxylic acids is 1. The van der Waals surface area contributed by atoms with Crippen LogP contribution in [0.15, 0.2) is 85.3 Å². The van der Waals surface area contributed by atoms with Gasteiger partial charge >= 0.3 is 6.01 Å². The molecule has 0 fully saturated rings. The van der Waals surface area contributed by atoms with Crippen LogP contribution in [-0.4, -0.2) is 20.9 Å². The van der Waals surface area contributed by atoms with Crippen molar-refractivity contribution in [3.05, 3.63) is 102 Å². The van der Waals surface area contributed by atoms with Gasteiger partial charge in [0.25, 0.3) is 5.91 Å². The highest BCUT2D eigenvalue weighted by Crippen LogP contribution is 2.28.